The van der Waals surface area contributed by atoms with Gasteiger partial charge in [0.25, 0.3) is 5.91 Å². The van der Waals surface area contributed by atoms with E-state index in [-0.39, 0.29) is 17.3 Å². The minimum absolute atomic E-state index is 0.0734. The average molecular weight is 523 g/mol. The van der Waals surface area contributed by atoms with Crippen molar-refractivity contribution in [1.29, 1.82) is 0 Å². The monoisotopic (exact) mass is 522 g/mol. The van der Waals surface area contributed by atoms with Crippen LogP contribution in [0.2, 0.25) is 5.02 Å². The third-order valence-electron chi connectivity index (χ3n) is 5.01. The summed E-state index contributed by atoms with van der Waals surface area (Å²) in [5.74, 6) is -2.80. The molecule has 0 aliphatic carbocycles. The molecule has 1 atom stereocenters. The van der Waals surface area contributed by atoms with E-state index in [1.165, 1.54) is 19.1 Å². The van der Waals surface area contributed by atoms with Gasteiger partial charge in [-0.1, -0.05) is 23.7 Å². The second-order valence-corrected chi connectivity index (χ2v) is 8.03. The smallest absolute Gasteiger partial charge is 0.419 e. The molecular weight excluding hydrogens is 507 g/mol. The molecule has 4 rings (SSSR count). The number of alkyl halides is 3. The van der Waals surface area contributed by atoms with Crippen LogP contribution < -0.4 is 10.1 Å². The lowest BCUT2D eigenvalue weighted by molar-refractivity contribution is -0.122. The molecule has 0 spiro atoms. The van der Waals surface area contributed by atoms with Crippen molar-refractivity contribution in [3.63, 3.8) is 0 Å². The van der Waals surface area contributed by atoms with E-state index in [1.54, 1.807) is 18.2 Å². The molecule has 0 unspecified atom stereocenters. The Balaban J connectivity index is 1.48. The van der Waals surface area contributed by atoms with Crippen LogP contribution in [0.15, 0.2) is 71.1 Å². The van der Waals surface area contributed by atoms with Gasteiger partial charge in [-0.2, -0.15) is 18.2 Å². The summed E-state index contributed by atoms with van der Waals surface area (Å²) < 4.78 is 79.6. The molecule has 4 aromatic rings. The van der Waals surface area contributed by atoms with Gasteiger partial charge in [-0.25, -0.2) is 8.78 Å². The van der Waals surface area contributed by atoms with Crippen molar-refractivity contribution < 1.29 is 35.9 Å². The predicted octanol–water partition coefficient (Wildman–Crippen LogP) is 7.43. The molecule has 0 aliphatic heterocycles. The number of ether oxygens (including phenoxy) is 1. The van der Waals surface area contributed by atoms with Crippen LogP contribution >= 0.6 is 11.6 Å². The minimum Gasteiger partial charge on any atom is -0.481 e. The third kappa shape index (κ3) is 5.65. The lowest BCUT2D eigenvalue weighted by Gasteiger charge is -2.15. The van der Waals surface area contributed by atoms with E-state index in [0.29, 0.717) is 16.1 Å². The average Bonchev–Trinajstić information content (AvgIpc) is 3.21. The van der Waals surface area contributed by atoms with Gasteiger partial charge in [0.05, 0.1) is 5.57 Å². The van der Waals surface area contributed by atoms with Gasteiger partial charge in [0.15, 0.2) is 11.7 Å². The van der Waals surface area contributed by atoms with Crippen molar-refractivity contribution in [1.82, 2.24) is 4.98 Å². The molecule has 11 heteroatoms. The van der Waals surface area contributed by atoms with E-state index in [1.807, 2.05) is 0 Å². The highest BCUT2D eigenvalue weighted by molar-refractivity contribution is 6.31. The lowest BCUT2D eigenvalue weighted by Crippen LogP contribution is -2.30. The van der Waals surface area contributed by atoms with E-state index in [2.05, 4.69) is 10.3 Å². The Kier molecular flexibility index (Phi) is 6.98. The zero-order valence-corrected chi connectivity index (χ0v) is 19.1. The fourth-order valence-corrected chi connectivity index (χ4v) is 3.44. The van der Waals surface area contributed by atoms with Crippen LogP contribution in [0.4, 0.5) is 28.0 Å². The zero-order chi connectivity index (χ0) is 26.0. The molecule has 1 aromatic heterocycles. The molecule has 186 valence electrons. The Labute approximate surface area is 206 Å². The van der Waals surface area contributed by atoms with Crippen molar-refractivity contribution in [2.24, 2.45) is 0 Å². The topological polar surface area (TPSA) is 64.4 Å². The first-order valence-corrected chi connectivity index (χ1v) is 10.8. The molecule has 0 saturated heterocycles. The van der Waals surface area contributed by atoms with Crippen LogP contribution in [0.25, 0.3) is 22.5 Å². The van der Waals surface area contributed by atoms with E-state index in [0.717, 1.165) is 36.4 Å². The number of anilines is 1. The highest BCUT2D eigenvalue weighted by Crippen LogP contribution is 2.40. The van der Waals surface area contributed by atoms with E-state index < -0.39 is 41.0 Å². The van der Waals surface area contributed by atoms with E-state index >= 15 is 0 Å². The second kappa shape index (κ2) is 9.98. The number of hydrogen-bond donors (Lipinski definition) is 1. The van der Waals surface area contributed by atoms with Gasteiger partial charge in [-0.05, 0) is 67.1 Å². The first kappa shape index (κ1) is 25.2. The van der Waals surface area contributed by atoms with E-state index in [9.17, 15) is 26.7 Å². The van der Waals surface area contributed by atoms with Crippen molar-refractivity contribution >= 4 is 46.0 Å². The molecule has 1 amide bonds. The SMILES string of the molecule is C[C@@H](Oc1ccc(/C(F)=C(/c2ccc(F)cc2)C(F)(F)F)cc1)C(=O)Nc1nc2cc(Cl)ccc2o1. The Morgan fingerprint density at radius 3 is 2.31 bits per heavy atom. The molecule has 0 aliphatic rings. The van der Waals surface area contributed by atoms with Crippen LogP contribution in [-0.2, 0) is 4.79 Å². The van der Waals surface area contributed by atoms with Crippen molar-refractivity contribution in [3.8, 4) is 5.75 Å². The number of rotatable bonds is 6. The van der Waals surface area contributed by atoms with Crippen molar-refractivity contribution in [2.75, 3.05) is 5.32 Å². The molecule has 0 saturated carbocycles. The quantitative estimate of drug-likeness (QED) is 0.211. The lowest BCUT2D eigenvalue weighted by atomic mass is 10.0. The summed E-state index contributed by atoms with van der Waals surface area (Å²) >= 11 is 5.90. The number of carbonyl (C=O) groups is 1. The maximum Gasteiger partial charge on any atom is 0.419 e. The molecule has 1 N–H and O–H groups in total. The number of oxazole rings is 1. The molecule has 36 heavy (non-hydrogen) atoms. The first-order valence-electron chi connectivity index (χ1n) is 10.4. The second-order valence-electron chi connectivity index (χ2n) is 7.60. The predicted molar refractivity (Wildman–Crippen MR) is 125 cm³/mol. The maximum atomic E-state index is 14.9. The molecule has 5 nitrogen and oxygen atoms in total. The molecule has 0 bridgehead atoms. The molecule has 0 fully saturated rings. The third-order valence-corrected chi connectivity index (χ3v) is 5.24. The molecule has 0 radical (unpaired) electrons. The van der Waals surface area contributed by atoms with Crippen LogP contribution in [0, 0.1) is 5.82 Å². The highest BCUT2D eigenvalue weighted by atomic mass is 35.5. The van der Waals surface area contributed by atoms with E-state index in [4.69, 9.17) is 20.8 Å². The highest BCUT2D eigenvalue weighted by Gasteiger charge is 2.38. The summed E-state index contributed by atoms with van der Waals surface area (Å²) in [6.07, 6.45) is -6.08. The number of benzene rings is 3. The molecule has 1 heterocycles. The summed E-state index contributed by atoms with van der Waals surface area (Å²) in [6, 6.07) is 12.6. The Morgan fingerprint density at radius 2 is 1.67 bits per heavy atom. The number of carbonyl (C=O) groups excluding carboxylic acids is 1. The summed E-state index contributed by atoms with van der Waals surface area (Å²) in [5, 5.41) is 2.89. The number of nitrogens with zero attached hydrogens (tertiary/aromatic N) is 1. The number of amides is 1. The fraction of sp³-hybridized carbons (Fsp3) is 0.120. The molecule has 3 aromatic carbocycles. The fourth-order valence-electron chi connectivity index (χ4n) is 3.27. The summed E-state index contributed by atoms with van der Waals surface area (Å²) in [5.41, 5.74) is -1.58. The van der Waals surface area contributed by atoms with Gasteiger partial charge in [0.1, 0.15) is 22.9 Å². The van der Waals surface area contributed by atoms with Gasteiger partial charge in [0.2, 0.25) is 0 Å². The van der Waals surface area contributed by atoms with Gasteiger partial charge < -0.3 is 9.15 Å². The van der Waals surface area contributed by atoms with Crippen LogP contribution in [0.1, 0.15) is 18.1 Å². The molecular formula is C25H16ClF5N2O3. The van der Waals surface area contributed by atoms with Crippen LogP contribution in [-0.4, -0.2) is 23.2 Å². The Morgan fingerprint density at radius 1 is 1.03 bits per heavy atom. The van der Waals surface area contributed by atoms with Gasteiger partial charge in [-0.15, -0.1) is 0 Å². The summed E-state index contributed by atoms with van der Waals surface area (Å²) in [4.78, 5) is 16.5. The normalized spacial score (nSPS) is 13.3. The van der Waals surface area contributed by atoms with Crippen LogP contribution in [0.5, 0.6) is 5.75 Å². The largest absolute Gasteiger partial charge is 0.481 e. The van der Waals surface area contributed by atoms with Crippen molar-refractivity contribution in [2.45, 2.75) is 19.2 Å². The Bertz CT molecular complexity index is 1430. The standard InChI is InChI=1S/C25H16ClF5N2O3/c1-13(23(34)33-24-32-19-12-16(26)6-11-20(19)36-24)35-18-9-4-15(5-10-18)22(28)21(25(29,30)31)14-2-7-17(27)8-3-14/h2-13H,1H3,(H,32,33,34)/b22-21+/t13-/m1/s1. The van der Waals surface area contributed by atoms with Crippen molar-refractivity contribution in [3.05, 3.63) is 88.7 Å². The Hall–Kier alpha value is -3.92. The number of hydrogen-bond acceptors (Lipinski definition) is 4. The number of nitrogens with one attached hydrogen (secondary N) is 1. The summed E-state index contributed by atoms with van der Waals surface area (Å²) in [6.45, 7) is 1.43. The van der Waals surface area contributed by atoms with Crippen LogP contribution in [0.3, 0.4) is 0 Å². The zero-order valence-electron chi connectivity index (χ0n) is 18.4. The van der Waals surface area contributed by atoms with Gasteiger partial charge in [-0.3, -0.25) is 10.1 Å². The first-order chi connectivity index (χ1) is 17.0. The number of allylic oxidation sites excluding steroid dienone is 1. The maximum absolute atomic E-state index is 14.9. The summed E-state index contributed by atoms with van der Waals surface area (Å²) in [7, 11) is 0. The van der Waals surface area contributed by atoms with Gasteiger partial charge in [0, 0.05) is 10.6 Å². The number of fused-ring (bicyclic) bond motifs is 1. The van der Waals surface area contributed by atoms with Gasteiger partial charge >= 0.3 is 12.2 Å². The minimum atomic E-state index is -5.03. The number of aromatic nitrogens is 1. The number of halogens is 6.